The van der Waals surface area contributed by atoms with Gasteiger partial charge in [0.1, 0.15) is 0 Å². The van der Waals surface area contributed by atoms with Gasteiger partial charge < -0.3 is 4.90 Å². The van der Waals surface area contributed by atoms with Crippen LogP contribution in [0.25, 0.3) is 76.8 Å². The average Bonchev–Trinajstić information content (AvgIpc) is 3.53. The SMILES string of the molecule is CCC1CCC2(C)C(C1)c1cc(-c3cc(-c4ccccc4)c4ccc5c(-c6ccccc6)cc(-c6ccccc6)c6ccc3c4c56)ccc1N2c1ccccc1. The van der Waals surface area contributed by atoms with Crippen molar-refractivity contribution in [2.45, 2.75) is 51.0 Å². The van der Waals surface area contributed by atoms with Crippen molar-refractivity contribution in [3.8, 4) is 44.5 Å². The van der Waals surface area contributed by atoms with E-state index in [1.807, 2.05) is 0 Å². The summed E-state index contributed by atoms with van der Waals surface area (Å²) in [5.41, 5.74) is 14.4. The second kappa shape index (κ2) is 13.0. The third kappa shape index (κ3) is 5.00. The molecule has 0 N–H and O–H groups in total. The second-order valence-electron chi connectivity index (χ2n) is 16.5. The van der Waals surface area contributed by atoms with Gasteiger partial charge in [-0.2, -0.15) is 0 Å². The molecule has 1 aliphatic carbocycles. The van der Waals surface area contributed by atoms with Crippen LogP contribution in [0.4, 0.5) is 11.4 Å². The van der Waals surface area contributed by atoms with Crippen molar-refractivity contribution in [3.05, 3.63) is 181 Å². The summed E-state index contributed by atoms with van der Waals surface area (Å²) >= 11 is 0. The Balaban J connectivity index is 1.22. The van der Waals surface area contributed by atoms with Crippen molar-refractivity contribution in [1.29, 1.82) is 0 Å². The highest BCUT2D eigenvalue weighted by atomic mass is 15.2. The van der Waals surface area contributed by atoms with Crippen molar-refractivity contribution < 1.29 is 0 Å². The van der Waals surface area contributed by atoms with Crippen molar-refractivity contribution in [2.75, 3.05) is 4.90 Å². The van der Waals surface area contributed by atoms with E-state index in [0.29, 0.717) is 5.92 Å². The monoisotopic (exact) mass is 719 g/mol. The van der Waals surface area contributed by atoms with Crippen LogP contribution in [0.15, 0.2) is 176 Å². The Morgan fingerprint density at radius 2 is 0.946 bits per heavy atom. The first-order valence-electron chi connectivity index (χ1n) is 20.5. The maximum Gasteiger partial charge on any atom is 0.0492 e. The first kappa shape index (κ1) is 33.2. The fourth-order valence-corrected chi connectivity index (χ4v) is 10.8. The zero-order chi connectivity index (χ0) is 37.4. The van der Waals surface area contributed by atoms with E-state index in [0.717, 1.165) is 5.92 Å². The molecule has 1 heterocycles. The van der Waals surface area contributed by atoms with Crippen LogP contribution in [0.5, 0.6) is 0 Å². The van der Waals surface area contributed by atoms with Crippen molar-refractivity contribution >= 4 is 43.7 Å². The van der Waals surface area contributed by atoms with Gasteiger partial charge in [-0.3, -0.25) is 0 Å². The summed E-state index contributed by atoms with van der Waals surface area (Å²) in [5, 5.41) is 7.93. The van der Waals surface area contributed by atoms with E-state index in [1.54, 1.807) is 0 Å². The Bertz CT molecular complexity index is 2820. The molecule has 2 aliphatic rings. The second-order valence-corrected chi connectivity index (χ2v) is 16.5. The highest BCUT2D eigenvalue weighted by Crippen LogP contribution is 2.59. The molecule has 9 aromatic carbocycles. The predicted molar refractivity (Wildman–Crippen MR) is 239 cm³/mol. The summed E-state index contributed by atoms with van der Waals surface area (Å²) in [6, 6.07) is 66.0. The first-order valence-corrected chi connectivity index (χ1v) is 20.5. The summed E-state index contributed by atoms with van der Waals surface area (Å²) in [6.45, 7) is 4.92. The number of fused-ring (bicyclic) bond motifs is 3. The van der Waals surface area contributed by atoms with Gasteiger partial charge in [-0.1, -0.05) is 153 Å². The fourth-order valence-electron chi connectivity index (χ4n) is 10.8. The number of hydrogen-bond acceptors (Lipinski definition) is 1. The van der Waals surface area contributed by atoms with Crippen LogP contribution in [0.3, 0.4) is 0 Å². The standard InChI is InChI=1S/C55H45N/c1-3-36-30-31-55(2)51(32-36)50-33-40(24-29-52(50)56(55)41-22-14-7-15-23-41)49-35-48(39-20-12-6-13-21-39)44-26-25-42-46(37-16-8-4-9-17-37)34-47(38-18-10-5-11-19-38)43-27-28-45(49)54(44)53(42)43/h4-29,33-36,51H,3,30-32H2,1-2H3. The van der Waals surface area contributed by atoms with Crippen molar-refractivity contribution in [1.82, 2.24) is 0 Å². The lowest BCUT2D eigenvalue weighted by Crippen LogP contribution is -2.46. The molecule has 0 aromatic heterocycles. The number of nitrogens with zero attached hydrogens (tertiary/aromatic N) is 1. The van der Waals surface area contributed by atoms with Crippen LogP contribution in [0.2, 0.25) is 0 Å². The molecular weight excluding hydrogens is 675 g/mol. The molecule has 3 atom stereocenters. The zero-order valence-corrected chi connectivity index (χ0v) is 32.2. The average molecular weight is 720 g/mol. The number of benzene rings is 9. The number of para-hydroxylation sites is 1. The molecule has 3 unspecified atom stereocenters. The predicted octanol–water partition coefficient (Wildman–Crippen LogP) is 15.5. The Morgan fingerprint density at radius 1 is 0.500 bits per heavy atom. The van der Waals surface area contributed by atoms with Crippen molar-refractivity contribution in [3.63, 3.8) is 0 Å². The highest BCUT2D eigenvalue weighted by Gasteiger charge is 2.51. The molecule has 1 heteroatoms. The van der Waals surface area contributed by atoms with Crippen LogP contribution >= 0.6 is 0 Å². The van der Waals surface area contributed by atoms with E-state index in [9.17, 15) is 0 Å². The maximum absolute atomic E-state index is 2.69. The van der Waals surface area contributed by atoms with E-state index >= 15 is 0 Å². The normalized spacial score (nSPS) is 19.1. The number of rotatable bonds is 6. The summed E-state index contributed by atoms with van der Waals surface area (Å²) in [4.78, 5) is 2.69. The van der Waals surface area contributed by atoms with Gasteiger partial charge in [-0.05, 0) is 151 Å². The molecule has 1 nitrogen and oxygen atoms in total. The van der Waals surface area contributed by atoms with Crippen molar-refractivity contribution in [2.24, 2.45) is 5.92 Å². The lowest BCUT2D eigenvalue weighted by molar-refractivity contribution is 0.221. The molecule has 56 heavy (non-hydrogen) atoms. The van der Waals surface area contributed by atoms with Crippen LogP contribution in [0, 0.1) is 5.92 Å². The van der Waals surface area contributed by atoms with Gasteiger partial charge in [0.05, 0.1) is 0 Å². The Hall–Kier alpha value is -6.18. The molecule has 11 rings (SSSR count). The number of hydrogen-bond donors (Lipinski definition) is 0. The number of anilines is 2. The third-order valence-corrected chi connectivity index (χ3v) is 13.6. The van der Waals surface area contributed by atoms with Gasteiger partial charge in [0.25, 0.3) is 0 Å². The lowest BCUT2D eigenvalue weighted by atomic mass is 9.68. The Kier molecular flexibility index (Phi) is 7.68. The highest BCUT2D eigenvalue weighted by molar-refractivity contribution is 6.32. The van der Waals surface area contributed by atoms with E-state index in [1.165, 1.54) is 119 Å². The Labute approximate surface area is 330 Å². The van der Waals surface area contributed by atoms with Gasteiger partial charge in [0.15, 0.2) is 0 Å². The molecule has 9 aromatic rings. The van der Waals surface area contributed by atoms with Crippen LogP contribution in [-0.2, 0) is 0 Å². The van der Waals surface area contributed by atoms with E-state index in [2.05, 4.69) is 195 Å². The molecule has 1 fully saturated rings. The van der Waals surface area contributed by atoms with Crippen LogP contribution in [0.1, 0.15) is 51.0 Å². The fraction of sp³-hybridized carbons (Fsp3) is 0.164. The summed E-state index contributed by atoms with van der Waals surface area (Å²) in [5.74, 6) is 1.24. The smallest absolute Gasteiger partial charge is 0.0492 e. The topological polar surface area (TPSA) is 3.24 Å². The molecule has 0 saturated heterocycles. The molecular formula is C55H45N. The minimum Gasteiger partial charge on any atom is -0.335 e. The molecule has 1 saturated carbocycles. The minimum absolute atomic E-state index is 0.0491. The van der Waals surface area contributed by atoms with Gasteiger partial charge in [-0.25, -0.2) is 0 Å². The van der Waals surface area contributed by atoms with Crippen LogP contribution in [-0.4, -0.2) is 5.54 Å². The maximum atomic E-state index is 2.69. The summed E-state index contributed by atoms with van der Waals surface area (Å²) in [7, 11) is 0. The summed E-state index contributed by atoms with van der Waals surface area (Å²) in [6.07, 6.45) is 4.99. The zero-order valence-electron chi connectivity index (χ0n) is 32.2. The first-order chi connectivity index (χ1) is 27.6. The lowest BCUT2D eigenvalue weighted by Gasteiger charge is -2.46. The van der Waals surface area contributed by atoms with Gasteiger partial charge in [0, 0.05) is 22.8 Å². The molecule has 270 valence electrons. The van der Waals surface area contributed by atoms with E-state index < -0.39 is 0 Å². The Morgan fingerprint density at radius 3 is 1.41 bits per heavy atom. The molecule has 0 spiro atoms. The van der Waals surface area contributed by atoms with Crippen LogP contribution < -0.4 is 4.90 Å². The molecule has 1 aliphatic heterocycles. The van der Waals surface area contributed by atoms with Gasteiger partial charge >= 0.3 is 0 Å². The van der Waals surface area contributed by atoms with Gasteiger partial charge in [0.2, 0.25) is 0 Å². The molecule has 0 bridgehead atoms. The quantitative estimate of drug-likeness (QED) is 0.155. The van der Waals surface area contributed by atoms with Gasteiger partial charge in [-0.15, -0.1) is 0 Å². The van der Waals surface area contributed by atoms with E-state index in [4.69, 9.17) is 0 Å². The minimum atomic E-state index is 0.0491. The molecule has 0 radical (unpaired) electrons. The molecule has 0 amide bonds. The summed E-state index contributed by atoms with van der Waals surface area (Å²) < 4.78 is 0. The largest absolute Gasteiger partial charge is 0.335 e. The van der Waals surface area contributed by atoms with E-state index in [-0.39, 0.29) is 5.54 Å². The third-order valence-electron chi connectivity index (χ3n) is 13.6.